The third kappa shape index (κ3) is 4.41. The molecule has 2 atom stereocenters. The molecule has 0 saturated carbocycles. The smallest absolute Gasteiger partial charge is 0.221 e. The molecule has 1 aromatic rings. The summed E-state index contributed by atoms with van der Waals surface area (Å²) in [7, 11) is 0. The van der Waals surface area contributed by atoms with Crippen LogP contribution in [0, 0.1) is 6.92 Å². The Bertz CT molecular complexity index is 648. The van der Waals surface area contributed by atoms with Crippen LogP contribution in [0.1, 0.15) is 49.4 Å². The summed E-state index contributed by atoms with van der Waals surface area (Å²) in [6, 6.07) is 6.68. The minimum Gasteiger partial charge on any atom is -0.368 e. The Kier molecular flexibility index (Phi) is 5.53. The van der Waals surface area contributed by atoms with Gasteiger partial charge in [0.05, 0.1) is 11.8 Å². The summed E-state index contributed by atoms with van der Waals surface area (Å²) in [6.07, 6.45) is 1.32. The number of halogens is 1. The molecule has 4 nitrogen and oxygen atoms in total. The second-order valence-corrected chi connectivity index (χ2v) is 5.98. The van der Waals surface area contributed by atoms with Crippen LogP contribution in [0.25, 0.3) is 0 Å². The lowest BCUT2D eigenvalue weighted by Gasteiger charge is -2.15. The van der Waals surface area contributed by atoms with Crippen molar-refractivity contribution >= 4 is 11.7 Å². The average Bonchev–Trinajstić information content (AvgIpc) is 2.88. The van der Waals surface area contributed by atoms with Crippen molar-refractivity contribution in [2.45, 2.75) is 52.2 Å². The number of nitrogens with two attached hydrogens (primary N) is 1. The Morgan fingerprint density at radius 2 is 2.22 bits per heavy atom. The number of guanidine groups is 1. The van der Waals surface area contributed by atoms with Gasteiger partial charge in [-0.05, 0) is 44.2 Å². The van der Waals surface area contributed by atoms with Crippen LogP contribution in [0.2, 0.25) is 0 Å². The molecule has 0 amide bonds. The van der Waals surface area contributed by atoms with E-state index in [4.69, 9.17) is 5.73 Å². The summed E-state index contributed by atoms with van der Waals surface area (Å²) in [5, 5.41) is 3.28. The molecule has 2 rings (SSSR count). The predicted molar refractivity (Wildman–Crippen MR) is 94.4 cm³/mol. The summed E-state index contributed by atoms with van der Waals surface area (Å²) >= 11 is 0. The maximum absolute atomic E-state index is 13.5. The van der Waals surface area contributed by atoms with Crippen LogP contribution in [-0.4, -0.2) is 17.8 Å². The summed E-state index contributed by atoms with van der Waals surface area (Å²) < 4.78 is 13.5. The number of nitrogens with one attached hydrogen (secondary N) is 1. The van der Waals surface area contributed by atoms with Gasteiger partial charge in [-0.25, -0.2) is 9.38 Å². The molecule has 0 aliphatic heterocycles. The first-order chi connectivity index (χ1) is 10.9. The minimum absolute atomic E-state index is 0.0264. The van der Waals surface area contributed by atoms with Gasteiger partial charge >= 0.3 is 0 Å². The first kappa shape index (κ1) is 17.2. The molecule has 23 heavy (non-hydrogen) atoms. The fourth-order valence-electron chi connectivity index (χ4n) is 2.81. The third-order valence-corrected chi connectivity index (χ3v) is 4.07. The number of alkyl halides is 1. The number of hydrogen-bond donors (Lipinski definition) is 2. The van der Waals surface area contributed by atoms with Gasteiger partial charge in [-0.3, -0.25) is 0 Å². The number of benzene rings is 1. The molecule has 0 aromatic heterocycles. The van der Waals surface area contributed by atoms with E-state index in [1.807, 2.05) is 0 Å². The Morgan fingerprint density at radius 3 is 2.91 bits per heavy atom. The highest BCUT2D eigenvalue weighted by molar-refractivity contribution is 5.97. The van der Waals surface area contributed by atoms with Crippen molar-refractivity contribution in [3.8, 4) is 0 Å². The SMILES string of the molecule is C=C(N=C(N)N=C(C)C(F)CC)N[C@@H]1CCc2ccc(C)cc21. The summed E-state index contributed by atoms with van der Waals surface area (Å²) in [5.74, 6) is 0.476. The molecule has 124 valence electrons. The Balaban J connectivity index is 2.04. The van der Waals surface area contributed by atoms with E-state index in [9.17, 15) is 4.39 Å². The molecular formula is C18H25FN4. The van der Waals surface area contributed by atoms with Crippen LogP contribution in [0.5, 0.6) is 0 Å². The number of aliphatic imine (C=N–C) groups is 2. The van der Waals surface area contributed by atoms with Crippen LogP contribution in [0.15, 0.2) is 40.6 Å². The Labute approximate surface area is 137 Å². The van der Waals surface area contributed by atoms with Gasteiger partial charge < -0.3 is 11.1 Å². The van der Waals surface area contributed by atoms with Crippen LogP contribution >= 0.6 is 0 Å². The van der Waals surface area contributed by atoms with Gasteiger partial charge in [-0.15, -0.1) is 0 Å². The molecule has 0 saturated heterocycles. The molecular weight excluding hydrogens is 291 g/mol. The number of fused-ring (bicyclic) bond motifs is 1. The first-order valence-corrected chi connectivity index (χ1v) is 7.99. The van der Waals surface area contributed by atoms with Crippen molar-refractivity contribution in [1.82, 2.24) is 5.32 Å². The lowest BCUT2D eigenvalue weighted by atomic mass is 10.1. The van der Waals surface area contributed by atoms with E-state index < -0.39 is 6.17 Å². The monoisotopic (exact) mass is 316 g/mol. The molecule has 3 N–H and O–H groups in total. The van der Waals surface area contributed by atoms with Gasteiger partial charge in [0.1, 0.15) is 12.0 Å². The number of rotatable bonds is 5. The van der Waals surface area contributed by atoms with Crippen LogP contribution in [-0.2, 0) is 6.42 Å². The first-order valence-electron chi connectivity index (χ1n) is 7.99. The molecule has 1 unspecified atom stereocenters. The predicted octanol–water partition coefficient (Wildman–Crippen LogP) is 3.57. The summed E-state index contributed by atoms with van der Waals surface area (Å²) in [4.78, 5) is 8.12. The summed E-state index contributed by atoms with van der Waals surface area (Å²) in [6.45, 7) is 9.34. The zero-order chi connectivity index (χ0) is 17.0. The van der Waals surface area contributed by atoms with Crippen molar-refractivity contribution in [3.63, 3.8) is 0 Å². The maximum Gasteiger partial charge on any atom is 0.221 e. The molecule has 1 aliphatic rings. The lowest BCUT2D eigenvalue weighted by molar-refractivity contribution is 0.413. The van der Waals surface area contributed by atoms with Crippen molar-refractivity contribution in [2.75, 3.05) is 0 Å². The molecule has 1 aliphatic carbocycles. The Morgan fingerprint density at radius 1 is 1.48 bits per heavy atom. The van der Waals surface area contributed by atoms with Gasteiger partial charge in [-0.2, -0.15) is 4.99 Å². The molecule has 0 heterocycles. The molecule has 0 spiro atoms. The fourth-order valence-corrected chi connectivity index (χ4v) is 2.81. The number of aryl methyl sites for hydroxylation is 2. The fraction of sp³-hybridized carbons (Fsp3) is 0.444. The largest absolute Gasteiger partial charge is 0.368 e. The van der Waals surface area contributed by atoms with Gasteiger partial charge in [0.2, 0.25) is 5.96 Å². The topological polar surface area (TPSA) is 62.8 Å². The molecule has 0 bridgehead atoms. The van der Waals surface area contributed by atoms with Crippen molar-refractivity contribution in [3.05, 3.63) is 47.3 Å². The van der Waals surface area contributed by atoms with Gasteiger partial charge in [0.15, 0.2) is 0 Å². The van der Waals surface area contributed by atoms with Gasteiger partial charge in [0.25, 0.3) is 0 Å². The van der Waals surface area contributed by atoms with E-state index in [0.29, 0.717) is 18.0 Å². The molecule has 1 aromatic carbocycles. The van der Waals surface area contributed by atoms with Gasteiger partial charge in [-0.1, -0.05) is 37.3 Å². The number of nitrogens with zero attached hydrogens (tertiary/aromatic N) is 2. The van der Waals surface area contributed by atoms with E-state index >= 15 is 0 Å². The lowest BCUT2D eigenvalue weighted by Crippen LogP contribution is -2.21. The van der Waals surface area contributed by atoms with Crippen molar-refractivity contribution in [1.29, 1.82) is 0 Å². The molecule has 5 heteroatoms. The normalized spacial score (nSPS) is 19.4. The zero-order valence-corrected chi connectivity index (χ0v) is 14.1. The second kappa shape index (κ2) is 7.40. The molecule has 0 radical (unpaired) electrons. The van der Waals surface area contributed by atoms with Gasteiger partial charge in [0, 0.05) is 0 Å². The highest BCUT2D eigenvalue weighted by Gasteiger charge is 2.22. The zero-order valence-electron chi connectivity index (χ0n) is 14.1. The standard InChI is InChI=1S/C18H25FN4/c1-5-16(19)12(3)21-18(20)23-13(4)22-17-9-8-14-7-6-11(2)10-15(14)17/h6-7,10,16-17,22H,4-5,8-9H2,1-3H3,(H2,20,23)/t16?,17-/m1/s1. The van der Waals surface area contributed by atoms with Crippen LogP contribution < -0.4 is 11.1 Å². The summed E-state index contributed by atoms with van der Waals surface area (Å²) in [5.41, 5.74) is 9.97. The van der Waals surface area contributed by atoms with Crippen molar-refractivity contribution in [2.24, 2.45) is 15.7 Å². The Hall–Kier alpha value is -2.17. The third-order valence-electron chi connectivity index (χ3n) is 4.07. The van der Waals surface area contributed by atoms with E-state index in [2.05, 4.69) is 47.0 Å². The maximum atomic E-state index is 13.5. The van der Waals surface area contributed by atoms with Crippen LogP contribution in [0.4, 0.5) is 4.39 Å². The highest BCUT2D eigenvalue weighted by atomic mass is 19.1. The van der Waals surface area contributed by atoms with E-state index in [1.165, 1.54) is 16.7 Å². The van der Waals surface area contributed by atoms with Crippen LogP contribution in [0.3, 0.4) is 0 Å². The number of hydrogen-bond acceptors (Lipinski definition) is 2. The quantitative estimate of drug-likeness (QED) is 0.644. The minimum atomic E-state index is -1.09. The van der Waals surface area contributed by atoms with E-state index in [0.717, 1.165) is 12.8 Å². The van der Waals surface area contributed by atoms with Crippen molar-refractivity contribution < 1.29 is 4.39 Å². The highest BCUT2D eigenvalue weighted by Crippen LogP contribution is 2.32. The van der Waals surface area contributed by atoms with E-state index in [1.54, 1.807) is 13.8 Å². The molecule has 0 fully saturated rings. The average molecular weight is 316 g/mol. The second-order valence-electron chi connectivity index (χ2n) is 5.98. The van der Waals surface area contributed by atoms with E-state index in [-0.39, 0.29) is 12.0 Å².